The summed E-state index contributed by atoms with van der Waals surface area (Å²) in [7, 11) is 0. The zero-order valence-corrected chi connectivity index (χ0v) is 20.4. The second-order valence-electron chi connectivity index (χ2n) is 8.07. The molecule has 38 heavy (non-hydrogen) atoms. The molecule has 0 aliphatic heterocycles. The van der Waals surface area contributed by atoms with Gasteiger partial charge in [-0.2, -0.15) is 8.78 Å². The molecule has 0 saturated carbocycles. The van der Waals surface area contributed by atoms with E-state index in [4.69, 9.17) is 5.11 Å². The number of carbonyl (C=O) groups is 4. The van der Waals surface area contributed by atoms with Crippen LogP contribution in [0.15, 0.2) is 29.2 Å². The number of pyridine rings is 1. The summed E-state index contributed by atoms with van der Waals surface area (Å²) in [5.74, 6) is -13.0. The molecule has 1 heterocycles. The molecule has 0 aliphatic carbocycles. The minimum Gasteiger partial charge on any atom is -0.481 e. The van der Waals surface area contributed by atoms with E-state index in [9.17, 15) is 41.5 Å². The highest BCUT2D eigenvalue weighted by Gasteiger charge is 2.30. The van der Waals surface area contributed by atoms with Gasteiger partial charge in [-0.3, -0.25) is 24.0 Å². The fourth-order valence-corrected chi connectivity index (χ4v) is 3.41. The lowest BCUT2D eigenvalue weighted by Crippen LogP contribution is -2.48. The molecule has 3 N–H and O–H groups in total. The van der Waals surface area contributed by atoms with Gasteiger partial charge in [-0.15, -0.1) is 0 Å². The van der Waals surface area contributed by atoms with Crippen molar-refractivity contribution >= 4 is 29.3 Å². The van der Waals surface area contributed by atoms with E-state index in [-0.39, 0.29) is 24.6 Å². The molecule has 0 spiro atoms. The monoisotopic (exact) mass is 543 g/mol. The Bertz CT molecular complexity index is 1260. The van der Waals surface area contributed by atoms with Gasteiger partial charge in [-0.25, -0.2) is 8.78 Å². The molecule has 14 heteroatoms. The topological polar surface area (TPSA) is 144 Å². The lowest BCUT2D eigenvalue weighted by atomic mass is 10.1. The van der Waals surface area contributed by atoms with Gasteiger partial charge in [0.1, 0.15) is 24.4 Å². The van der Waals surface area contributed by atoms with Crippen LogP contribution in [0.25, 0.3) is 0 Å². The number of nitrogens with zero attached hydrogens (tertiary/aromatic N) is 1. The van der Waals surface area contributed by atoms with Crippen LogP contribution in [-0.2, 0) is 19.2 Å². The van der Waals surface area contributed by atoms with Crippen molar-refractivity contribution in [1.29, 1.82) is 0 Å². The third kappa shape index (κ3) is 7.40. The van der Waals surface area contributed by atoms with E-state index < -0.39 is 83.3 Å². The van der Waals surface area contributed by atoms with Crippen molar-refractivity contribution in [3.05, 3.63) is 58.0 Å². The Morgan fingerprint density at radius 2 is 1.71 bits per heavy atom. The first-order valence-electron chi connectivity index (χ1n) is 11.4. The van der Waals surface area contributed by atoms with Crippen LogP contribution in [0.3, 0.4) is 0 Å². The summed E-state index contributed by atoms with van der Waals surface area (Å²) in [6, 6.07) is -0.375. The first kappa shape index (κ1) is 30.0. The number of aromatic nitrogens is 1. The van der Waals surface area contributed by atoms with E-state index in [1.54, 1.807) is 6.92 Å². The summed E-state index contributed by atoms with van der Waals surface area (Å²) >= 11 is 0. The van der Waals surface area contributed by atoms with Crippen LogP contribution in [0.4, 0.5) is 23.2 Å². The van der Waals surface area contributed by atoms with Gasteiger partial charge in [0.2, 0.25) is 23.4 Å². The zero-order valence-electron chi connectivity index (χ0n) is 20.4. The molecule has 2 amide bonds. The number of ether oxygens (including phenoxy) is 1. The molecule has 1 aromatic carbocycles. The van der Waals surface area contributed by atoms with Crippen LogP contribution >= 0.6 is 0 Å². The van der Waals surface area contributed by atoms with Crippen molar-refractivity contribution in [3.63, 3.8) is 0 Å². The minimum atomic E-state index is -1.91. The molecule has 1 aromatic heterocycles. The number of carboxylic acids is 1. The molecule has 206 valence electrons. The standard InChI is InChI=1S/C24H25F4N3O7/c1-3-6-18(33)29-14-7-5-8-31(24(14)37)16(4-2)23(36)30-15(10-19(34)35)17(32)11-38-22-20(27)12(25)9-13(26)21(22)28/h5,7-9,15-16H,3-4,6,10-11H2,1-2H3,(H,29,33)(H,30,36)(H,34,35)/t15-,16-/m0/s1. The molecule has 0 radical (unpaired) electrons. The predicted molar refractivity (Wildman–Crippen MR) is 125 cm³/mol. The maximum atomic E-state index is 13.8. The lowest BCUT2D eigenvalue weighted by molar-refractivity contribution is -0.140. The predicted octanol–water partition coefficient (Wildman–Crippen LogP) is 2.70. The third-order valence-electron chi connectivity index (χ3n) is 5.26. The van der Waals surface area contributed by atoms with Crippen molar-refractivity contribution < 1.29 is 46.6 Å². The molecule has 0 fully saturated rings. The number of hydrogen-bond acceptors (Lipinski definition) is 6. The first-order chi connectivity index (χ1) is 17.9. The van der Waals surface area contributed by atoms with Crippen molar-refractivity contribution in [2.24, 2.45) is 0 Å². The van der Waals surface area contributed by atoms with E-state index in [2.05, 4.69) is 15.4 Å². The van der Waals surface area contributed by atoms with Crippen LogP contribution in [0.2, 0.25) is 0 Å². The Morgan fingerprint density at radius 1 is 1.08 bits per heavy atom. The number of halogens is 4. The van der Waals surface area contributed by atoms with Gasteiger partial charge in [-0.1, -0.05) is 13.8 Å². The minimum absolute atomic E-state index is 0.00156. The van der Waals surface area contributed by atoms with Crippen LogP contribution in [0.5, 0.6) is 5.75 Å². The normalized spacial score (nSPS) is 12.4. The van der Waals surface area contributed by atoms with Gasteiger partial charge in [0.25, 0.3) is 5.56 Å². The molecule has 2 atom stereocenters. The highest BCUT2D eigenvalue weighted by atomic mass is 19.2. The largest absolute Gasteiger partial charge is 0.481 e. The molecule has 0 unspecified atom stereocenters. The average molecular weight is 543 g/mol. The lowest BCUT2D eigenvalue weighted by Gasteiger charge is -2.22. The Hall–Kier alpha value is -4.23. The van der Waals surface area contributed by atoms with E-state index in [0.29, 0.717) is 6.42 Å². The second kappa shape index (κ2) is 13.4. The maximum Gasteiger partial charge on any atom is 0.305 e. The number of aliphatic carboxylic acids is 1. The van der Waals surface area contributed by atoms with Crippen molar-refractivity contribution in [2.45, 2.75) is 51.6 Å². The van der Waals surface area contributed by atoms with Gasteiger partial charge in [0.15, 0.2) is 23.2 Å². The van der Waals surface area contributed by atoms with E-state index in [0.717, 1.165) is 4.57 Å². The molecule has 2 aromatic rings. The Morgan fingerprint density at radius 3 is 2.26 bits per heavy atom. The Balaban J connectivity index is 2.25. The first-order valence-corrected chi connectivity index (χ1v) is 11.4. The molecular weight excluding hydrogens is 518 g/mol. The van der Waals surface area contributed by atoms with Crippen LogP contribution in [-0.4, -0.2) is 45.9 Å². The molecule has 0 aliphatic rings. The number of Topliss-reactive ketones (excluding diaryl/α,β-unsaturated/α-hetero) is 1. The molecular formula is C24H25F4N3O7. The van der Waals surface area contributed by atoms with E-state index in [1.807, 2.05) is 0 Å². The molecule has 0 saturated heterocycles. The number of hydrogen-bond donors (Lipinski definition) is 3. The highest BCUT2D eigenvalue weighted by Crippen LogP contribution is 2.26. The van der Waals surface area contributed by atoms with Crippen molar-refractivity contribution in [1.82, 2.24) is 9.88 Å². The average Bonchev–Trinajstić information content (AvgIpc) is 2.84. The van der Waals surface area contributed by atoms with Gasteiger partial charge in [0, 0.05) is 18.7 Å². The number of ketones is 1. The summed E-state index contributed by atoms with van der Waals surface area (Å²) in [5, 5.41) is 13.8. The Labute approximate surface area is 213 Å². The van der Waals surface area contributed by atoms with Gasteiger partial charge < -0.3 is 25.0 Å². The van der Waals surface area contributed by atoms with Gasteiger partial charge in [-0.05, 0) is 25.0 Å². The number of benzene rings is 1. The summed E-state index contributed by atoms with van der Waals surface area (Å²) in [6.07, 6.45) is 0.968. The maximum absolute atomic E-state index is 13.8. The molecule has 0 bridgehead atoms. The Kier molecular flexibility index (Phi) is 10.5. The summed E-state index contributed by atoms with van der Waals surface area (Å²) < 4.78 is 59.9. The number of carboxylic acid groups (broad SMARTS) is 1. The molecule has 10 nitrogen and oxygen atoms in total. The fraction of sp³-hybridized carbons (Fsp3) is 0.375. The number of carbonyl (C=O) groups excluding carboxylic acids is 3. The molecule has 2 rings (SSSR count). The van der Waals surface area contributed by atoms with E-state index >= 15 is 0 Å². The number of anilines is 1. The summed E-state index contributed by atoms with van der Waals surface area (Å²) in [6.45, 7) is 2.05. The third-order valence-corrected chi connectivity index (χ3v) is 5.26. The smallest absolute Gasteiger partial charge is 0.305 e. The van der Waals surface area contributed by atoms with Gasteiger partial charge >= 0.3 is 5.97 Å². The number of rotatable bonds is 13. The van der Waals surface area contributed by atoms with Crippen molar-refractivity contribution in [3.8, 4) is 5.75 Å². The highest BCUT2D eigenvalue weighted by molar-refractivity contribution is 5.94. The second-order valence-corrected chi connectivity index (χ2v) is 8.07. The fourth-order valence-electron chi connectivity index (χ4n) is 3.41. The summed E-state index contributed by atoms with van der Waals surface area (Å²) in [5.41, 5.74) is -0.836. The van der Waals surface area contributed by atoms with Crippen LogP contribution in [0, 0.1) is 23.3 Å². The van der Waals surface area contributed by atoms with Gasteiger partial charge in [0.05, 0.1) is 6.42 Å². The van der Waals surface area contributed by atoms with Crippen molar-refractivity contribution in [2.75, 3.05) is 11.9 Å². The quantitative estimate of drug-likeness (QED) is 0.260. The number of amides is 2. The number of nitrogens with one attached hydrogen (secondary N) is 2. The van der Waals surface area contributed by atoms with Crippen LogP contribution in [0.1, 0.15) is 45.6 Å². The zero-order chi connectivity index (χ0) is 28.6. The van der Waals surface area contributed by atoms with E-state index in [1.165, 1.54) is 25.3 Å². The van der Waals surface area contributed by atoms with Crippen LogP contribution < -0.4 is 20.9 Å². The SMILES string of the molecule is CCCC(=O)Nc1cccn([C@@H](CC)C(=O)N[C@@H](CC(=O)O)C(=O)COc2c(F)c(F)cc(F)c2F)c1=O. The summed E-state index contributed by atoms with van der Waals surface area (Å²) in [4.78, 5) is 61.5.